The molecule has 1 aliphatic heterocycles. The Labute approximate surface area is 278 Å². The largest absolute Gasteiger partial charge is 0.492 e. The molecule has 0 aliphatic carbocycles. The zero-order valence-corrected chi connectivity index (χ0v) is 26.7. The molecule has 3 N–H and O–H groups in total. The first-order valence-electron chi connectivity index (χ1n) is 16.6. The van der Waals surface area contributed by atoms with Crippen LogP contribution in [0.1, 0.15) is 24.0 Å². The Balaban J connectivity index is 1.05. The molecular weight excluding hydrogens is 599 g/mol. The molecule has 0 unspecified atom stereocenters. The summed E-state index contributed by atoms with van der Waals surface area (Å²) in [4.78, 5) is 10.5. The zero-order valence-electron chi connectivity index (χ0n) is 26.7. The fourth-order valence-electron chi connectivity index (χ4n) is 6.72. The smallest absolute Gasteiger partial charge is 0.127 e. The fourth-order valence-corrected chi connectivity index (χ4v) is 6.72. The third-order valence-electron chi connectivity index (χ3n) is 9.17. The molecule has 4 heterocycles. The molecule has 1 fully saturated rings. The summed E-state index contributed by atoms with van der Waals surface area (Å²) in [6.07, 6.45) is 6.29. The lowest BCUT2D eigenvalue weighted by molar-refractivity contribution is 0.237. The highest BCUT2D eigenvalue weighted by molar-refractivity contribution is 6.02. The van der Waals surface area contributed by atoms with E-state index in [0.717, 1.165) is 93.7 Å². The van der Waals surface area contributed by atoms with Gasteiger partial charge in [-0.3, -0.25) is 15.0 Å². The van der Waals surface area contributed by atoms with E-state index in [1.807, 2.05) is 42.7 Å². The molecule has 240 valence electrons. The predicted octanol–water partition coefficient (Wildman–Crippen LogP) is 8.34. The molecule has 0 amide bonds. The summed E-state index contributed by atoms with van der Waals surface area (Å²) < 4.78 is 20.9. The van der Waals surface area contributed by atoms with Gasteiger partial charge in [-0.05, 0) is 96.2 Å². The lowest BCUT2D eigenvalue weighted by atomic mass is 10.0. The van der Waals surface area contributed by atoms with Crippen molar-refractivity contribution in [2.24, 2.45) is 0 Å². The van der Waals surface area contributed by atoms with Gasteiger partial charge in [-0.15, -0.1) is 0 Å². The molecule has 7 nitrogen and oxygen atoms in total. The zero-order chi connectivity index (χ0) is 32.3. The number of pyridine rings is 1. The Hall–Kier alpha value is -5.31. The standard InChI is InChI=1S/C40H37FN6O/c41-32-18-30(19-33(21-32)48-16-15-47-13-4-5-14-47)34-9-6-10-37-35(34)22-39(44-37)40-36-20-29(11-12-38(36)45-46-40)31-17-28(25-43-26-31)24-42-23-27-7-2-1-3-8-27/h1-3,6-12,17-22,25-26,42,44H,4-5,13-16,23-24H2,(H,45,46). The number of hydrogen-bond acceptors (Lipinski definition) is 5. The van der Waals surface area contributed by atoms with E-state index in [-0.39, 0.29) is 5.82 Å². The summed E-state index contributed by atoms with van der Waals surface area (Å²) in [6.45, 7) is 5.15. The molecule has 1 saturated heterocycles. The number of H-pyrrole nitrogens is 2. The molecule has 0 bridgehead atoms. The normalized spacial score (nSPS) is 13.5. The summed E-state index contributed by atoms with van der Waals surface area (Å²) in [5, 5.41) is 13.4. The minimum absolute atomic E-state index is 0.312. The van der Waals surface area contributed by atoms with Crippen molar-refractivity contribution in [1.29, 1.82) is 0 Å². The minimum Gasteiger partial charge on any atom is -0.492 e. The van der Waals surface area contributed by atoms with Crippen molar-refractivity contribution in [3.8, 4) is 39.4 Å². The number of aromatic nitrogens is 4. The number of fused-ring (bicyclic) bond motifs is 2. The van der Waals surface area contributed by atoms with Gasteiger partial charge in [-0.1, -0.05) is 48.5 Å². The molecule has 48 heavy (non-hydrogen) atoms. The number of benzene rings is 4. The quantitative estimate of drug-likeness (QED) is 0.133. The molecule has 8 rings (SSSR count). The molecule has 0 spiro atoms. The van der Waals surface area contributed by atoms with Crippen LogP contribution in [0.2, 0.25) is 0 Å². The number of ether oxygens (including phenoxy) is 1. The summed E-state index contributed by atoms with van der Waals surface area (Å²) in [5.41, 5.74) is 9.81. The average molecular weight is 637 g/mol. The van der Waals surface area contributed by atoms with E-state index in [4.69, 9.17) is 9.84 Å². The first-order chi connectivity index (χ1) is 23.7. The monoisotopic (exact) mass is 636 g/mol. The number of hydrogen-bond donors (Lipinski definition) is 3. The Bertz CT molecular complexity index is 2180. The van der Waals surface area contributed by atoms with E-state index < -0.39 is 0 Å². The van der Waals surface area contributed by atoms with Crippen LogP contribution in [0, 0.1) is 5.82 Å². The van der Waals surface area contributed by atoms with Gasteiger partial charge < -0.3 is 15.0 Å². The van der Waals surface area contributed by atoms with Crippen LogP contribution in [-0.4, -0.2) is 51.3 Å². The summed E-state index contributed by atoms with van der Waals surface area (Å²) in [5.74, 6) is 0.237. The molecule has 7 aromatic rings. The maximum absolute atomic E-state index is 14.9. The average Bonchev–Trinajstić information content (AvgIpc) is 3.88. The van der Waals surface area contributed by atoms with Crippen LogP contribution in [-0.2, 0) is 13.1 Å². The van der Waals surface area contributed by atoms with Gasteiger partial charge in [0.05, 0.1) is 11.2 Å². The first kappa shape index (κ1) is 30.1. The van der Waals surface area contributed by atoms with Gasteiger partial charge in [0.15, 0.2) is 0 Å². The predicted molar refractivity (Wildman–Crippen MR) is 190 cm³/mol. The fraction of sp³-hybridized carbons (Fsp3) is 0.200. The van der Waals surface area contributed by atoms with Crippen molar-refractivity contribution < 1.29 is 9.13 Å². The molecule has 0 atom stereocenters. The van der Waals surface area contributed by atoms with Crippen molar-refractivity contribution in [2.45, 2.75) is 25.9 Å². The highest BCUT2D eigenvalue weighted by Crippen LogP contribution is 2.36. The van der Waals surface area contributed by atoms with Gasteiger partial charge in [0.2, 0.25) is 0 Å². The minimum atomic E-state index is -0.312. The van der Waals surface area contributed by atoms with E-state index >= 15 is 0 Å². The van der Waals surface area contributed by atoms with Crippen LogP contribution in [0.5, 0.6) is 5.75 Å². The van der Waals surface area contributed by atoms with Gasteiger partial charge in [-0.2, -0.15) is 5.10 Å². The van der Waals surface area contributed by atoms with Crippen LogP contribution in [0.3, 0.4) is 0 Å². The summed E-state index contributed by atoms with van der Waals surface area (Å²) in [6, 6.07) is 32.0. The second-order valence-electron chi connectivity index (χ2n) is 12.5. The molecular formula is C40H37FN6O. The summed E-state index contributed by atoms with van der Waals surface area (Å²) in [7, 11) is 0. The van der Waals surface area contributed by atoms with Gasteiger partial charge in [0.25, 0.3) is 0 Å². The van der Waals surface area contributed by atoms with E-state index in [9.17, 15) is 4.39 Å². The van der Waals surface area contributed by atoms with Gasteiger partial charge >= 0.3 is 0 Å². The van der Waals surface area contributed by atoms with Crippen molar-refractivity contribution in [3.63, 3.8) is 0 Å². The number of nitrogens with zero attached hydrogens (tertiary/aromatic N) is 3. The van der Waals surface area contributed by atoms with Crippen molar-refractivity contribution in [2.75, 3.05) is 26.2 Å². The molecule has 1 aliphatic rings. The first-order valence-corrected chi connectivity index (χ1v) is 16.6. The highest BCUT2D eigenvalue weighted by atomic mass is 19.1. The van der Waals surface area contributed by atoms with Gasteiger partial charge in [0.1, 0.15) is 23.9 Å². The summed E-state index contributed by atoms with van der Waals surface area (Å²) >= 11 is 0. The highest BCUT2D eigenvalue weighted by Gasteiger charge is 2.16. The van der Waals surface area contributed by atoms with Gasteiger partial charge in [-0.25, -0.2) is 4.39 Å². The van der Waals surface area contributed by atoms with E-state index in [2.05, 4.69) is 79.9 Å². The molecule has 3 aromatic heterocycles. The van der Waals surface area contributed by atoms with Crippen LogP contribution in [0.15, 0.2) is 109 Å². The SMILES string of the molecule is Fc1cc(OCCN2CCCC2)cc(-c2cccc3[nH]c(-c4n[nH]c5ccc(-c6cncc(CNCc7ccccc7)c6)cc45)cc23)c1. The molecule has 0 saturated carbocycles. The maximum Gasteiger partial charge on any atom is 0.127 e. The molecule has 0 radical (unpaired) electrons. The van der Waals surface area contributed by atoms with E-state index in [1.54, 1.807) is 6.07 Å². The van der Waals surface area contributed by atoms with Crippen LogP contribution >= 0.6 is 0 Å². The van der Waals surface area contributed by atoms with E-state index in [0.29, 0.717) is 12.4 Å². The number of halogens is 1. The van der Waals surface area contributed by atoms with Crippen LogP contribution in [0.4, 0.5) is 4.39 Å². The number of nitrogens with one attached hydrogen (secondary N) is 3. The van der Waals surface area contributed by atoms with Crippen LogP contribution in [0.25, 0.3) is 55.4 Å². The molecule has 8 heteroatoms. The second-order valence-corrected chi connectivity index (χ2v) is 12.5. The van der Waals surface area contributed by atoms with Crippen molar-refractivity contribution >= 4 is 21.8 Å². The Morgan fingerprint density at radius 2 is 1.62 bits per heavy atom. The number of likely N-dealkylation sites (tertiary alicyclic amines) is 1. The Kier molecular flexibility index (Phi) is 8.41. The van der Waals surface area contributed by atoms with Gasteiger partial charge in [0, 0.05) is 59.9 Å². The lowest BCUT2D eigenvalue weighted by Crippen LogP contribution is -2.25. The Morgan fingerprint density at radius 3 is 2.52 bits per heavy atom. The van der Waals surface area contributed by atoms with Crippen molar-refractivity contribution in [3.05, 3.63) is 126 Å². The van der Waals surface area contributed by atoms with Crippen LogP contribution < -0.4 is 10.1 Å². The third kappa shape index (κ3) is 6.45. The number of aromatic amines is 2. The Morgan fingerprint density at radius 1 is 0.750 bits per heavy atom. The topological polar surface area (TPSA) is 81.9 Å². The lowest BCUT2D eigenvalue weighted by Gasteiger charge is -2.15. The molecule has 4 aromatic carbocycles. The second kappa shape index (κ2) is 13.4. The third-order valence-corrected chi connectivity index (χ3v) is 9.17. The number of rotatable bonds is 11. The maximum atomic E-state index is 14.9. The van der Waals surface area contributed by atoms with Crippen molar-refractivity contribution in [1.82, 2.24) is 30.4 Å². The van der Waals surface area contributed by atoms with E-state index in [1.165, 1.54) is 24.5 Å².